The molecule has 0 amide bonds. The highest BCUT2D eigenvalue weighted by atomic mass is 16.5. The lowest BCUT2D eigenvalue weighted by Gasteiger charge is -1.98. The van der Waals surface area contributed by atoms with Gasteiger partial charge in [0.05, 0.1) is 12.2 Å². The maximum atomic E-state index is 10.2. The number of ether oxygens (including phenoxy) is 1. The molecule has 0 aromatic heterocycles. The first kappa shape index (κ1) is 16.8. The molecule has 92 valence electrons. The molecule has 4 heteroatoms. The monoisotopic (exact) mass is 220 g/mol. The molecule has 0 radical (unpaired) electrons. The summed E-state index contributed by atoms with van der Waals surface area (Å²) in [5, 5.41) is 15.7. The summed E-state index contributed by atoms with van der Waals surface area (Å²) < 4.78 is 4.72. The Kier molecular flexibility index (Phi) is 12.8. The molecular formula is C11H24O4. The van der Waals surface area contributed by atoms with Gasteiger partial charge in [-0.15, -0.1) is 0 Å². The van der Waals surface area contributed by atoms with Crippen molar-refractivity contribution >= 4 is 5.97 Å². The molecule has 0 bridgehead atoms. The van der Waals surface area contributed by atoms with E-state index < -0.39 is 0 Å². The molecule has 0 saturated carbocycles. The minimum absolute atomic E-state index is 0.0486. The summed E-state index contributed by atoms with van der Waals surface area (Å²) in [7, 11) is 1.00. The fourth-order valence-electron chi connectivity index (χ4n) is 0.952. The molecule has 15 heavy (non-hydrogen) atoms. The summed E-state index contributed by atoms with van der Waals surface area (Å²) in [5.74, 6) is -0.0486. The third-order valence-corrected chi connectivity index (χ3v) is 2.03. The van der Waals surface area contributed by atoms with Gasteiger partial charge in [0.2, 0.25) is 0 Å². The molecule has 1 aliphatic rings. The Hall–Kier alpha value is -0.610. The number of aliphatic hydroxyl groups excluding tert-OH is 2. The van der Waals surface area contributed by atoms with Crippen molar-refractivity contribution in [2.45, 2.75) is 58.7 Å². The van der Waals surface area contributed by atoms with Crippen LogP contribution in [0.4, 0.5) is 0 Å². The SMILES string of the molecule is CCC(O)CC.CO.C[C@H]1CCC(=O)O1. The number of carbonyl (C=O) groups excluding carboxylic acids is 1. The average Bonchev–Trinajstić information content (AvgIpc) is 2.65. The maximum absolute atomic E-state index is 10.2. The lowest BCUT2D eigenvalue weighted by molar-refractivity contribution is -0.140. The van der Waals surface area contributed by atoms with E-state index in [4.69, 9.17) is 14.9 Å². The number of carbonyl (C=O) groups is 1. The van der Waals surface area contributed by atoms with Crippen molar-refractivity contribution in [1.82, 2.24) is 0 Å². The zero-order chi connectivity index (χ0) is 12.3. The van der Waals surface area contributed by atoms with Crippen molar-refractivity contribution in [2.24, 2.45) is 0 Å². The molecule has 1 rings (SSSR count). The Morgan fingerprint density at radius 3 is 1.93 bits per heavy atom. The van der Waals surface area contributed by atoms with Crippen molar-refractivity contribution in [1.29, 1.82) is 0 Å². The molecule has 0 aromatic rings. The van der Waals surface area contributed by atoms with Gasteiger partial charge in [0, 0.05) is 13.5 Å². The zero-order valence-corrected chi connectivity index (χ0v) is 10.2. The number of cyclic esters (lactones) is 1. The first-order chi connectivity index (χ1) is 7.10. The van der Waals surface area contributed by atoms with Crippen LogP contribution in [0.5, 0.6) is 0 Å². The second kappa shape index (κ2) is 11.5. The van der Waals surface area contributed by atoms with Crippen molar-refractivity contribution in [2.75, 3.05) is 7.11 Å². The number of aliphatic hydroxyl groups is 2. The Morgan fingerprint density at radius 2 is 1.87 bits per heavy atom. The highest BCUT2D eigenvalue weighted by Gasteiger charge is 2.17. The van der Waals surface area contributed by atoms with Crippen LogP contribution in [0.15, 0.2) is 0 Å². The van der Waals surface area contributed by atoms with E-state index in [9.17, 15) is 4.79 Å². The predicted molar refractivity (Wildman–Crippen MR) is 59.5 cm³/mol. The van der Waals surface area contributed by atoms with Gasteiger partial charge in [-0.05, 0) is 26.2 Å². The van der Waals surface area contributed by atoms with Crippen LogP contribution in [-0.2, 0) is 9.53 Å². The van der Waals surface area contributed by atoms with E-state index in [-0.39, 0.29) is 18.2 Å². The molecule has 1 saturated heterocycles. The van der Waals surface area contributed by atoms with Crippen LogP contribution in [0.2, 0.25) is 0 Å². The third kappa shape index (κ3) is 11.3. The van der Waals surface area contributed by atoms with Crippen LogP contribution >= 0.6 is 0 Å². The summed E-state index contributed by atoms with van der Waals surface area (Å²) in [6.07, 6.45) is 3.39. The first-order valence-electron chi connectivity index (χ1n) is 5.42. The number of hydrogen-bond acceptors (Lipinski definition) is 4. The van der Waals surface area contributed by atoms with Crippen molar-refractivity contribution < 1.29 is 19.7 Å². The summed E-state index contributed by atoms with van der Waals surface area (Å²) in [5.41, 5.74) is 0. The molecule has 0 aromatic carbocycles. The smallest absolute Gasteiger partial charge is 0.306 e. The van der Waals surface area contributed by atoms with Crippen molar-refractivity contribution in [3.63, 3.8) is 0 Å². The van der Waals surface area contributed by atoms with Gasteiger partial charge in [0.25, 0.3) is 0 Å². The summed E-state index contributed by atoms with van der Waals surface area (Å²) >= 11 is 0. The molecule has 1 heterocycles. The zero-order valence-electron chi connectivity index (χ0n) is 10.2. The van der Waals surface area contributed by atoms with Gasteiger partial charge in [0.15, 0.2) is 0 Å². The topological polar surface area (TPSA) is 66.8 Å². The lowest BCUT2D eigenvalue weighted by Crippen LogP contribution is -1.99. The van der Waals surface area contributed by atoms with E-state index in [2.05, 4.69) is 0 Å². The van der Waals surface area contributed by atoms with E-state index in [1.807, 2.05) is 20.8 Å². The Labute approximate surface area is 92.3 Å². The number of hydrogen-bond donors (Lipinski definition) is 2. The lowest BCUT2D eigenvalue weighted by atomic mass is 10.2. The van der Waals surface area contributed by atoms with Crippen LogP contribution in [0.1, 0.15) is 46.5 Å². The molecule has 1 aliphatic heterocycles. The Balaban J connectivity index is 0. The minimum Gasteiger partial charge on any atom is -0.463 e. The van der Waals surface area contributed by atoms with Gasteiger partial charge in [-0.1, -0.05) is 13.8 Å². The fourth-order valence-corrected chi connectivity index (χ4v) is 0.952. The standard InChI is InChI=1S/C5H8O2.C5H12O.CH4O/c1-4-2-3-5(6)7-4;1-3-5(6)4-2;1-2/h4H,2-3H2,1H3;5-6H,3-4H2,1-2H3;2H,1H3/t4-;;/m0../s1. The quantitative estimate of drug-likeness (QED) is 0.692. The summed E-state index contributed by atoms with van der Waals surface area (Å²) in [6, 6.07) is 0. The van der Waals surface area contributed by atoms with Gasteiger partial charge >= 0.3 is 5.97 Å². The van der Waals surface area contributed by atoms with Crippen LogP contribution in [0, 0.1) is 0 Å². The van der Waals surface area contributed by atoms with Gasteiger partial charge in [-0.3, -0.25) is 4.79 Å². The Bertz CT molecular complexity index is 144. The molecule has 0 spiro atoms. The summed E-state index contributed by atoms with van der Waals surface area (Å²) in [6.45, 7) is 5.87. The van der Waals surface area contributed by atoms with Crippen molar-refractivity contribution in [3.8, 4) is 0 Å². The van der Waals surface area contributed by atoms with Gasteiger partial charge < -0.3 is 14.9 Å². The van der Waals surface area contributed by atoms with Gasteiger partial charge in [0.1, 0.15) is 0 Å². The summed E-state index contributed by atoms with van der Waals surface area (Å²) in [4.78, 5) is 10.2. The van der Waals surface area contributed by atoms with Crippen molar-refractivity contribution in [3.05, 3.63) is 0 Å². The van der Waals surface area contributed by atoms with Crippen LogP contribution in [0.25, 0.3) is 0 Å². The molecule has 1 fully saturated rings. The van der Waals surface area contributed by atoms with Crippen LogP contribution < -0.4 is 0 Å². The van der Waals surface area contributed by atoms with E-state index in [1.54, 1.807) is 0 Å². The second-order valence-electron chi connectivity index (χ2n) is 3.31. The normalized spacial score (nSPS) is 18.6. The molecule has 1 atom stereocenters. The third-order valence-electron chi connectivity index (χ3n) is 2.03. The largest absolute Gasteiger partial charge is 0.463 e. The van der Waals surface area contributed by atoms with Crippen LogP contribution in [0.3, 0.4) is 0 Å². The molecule has 4 nitrogen and oxygen atoms in total. The van der Waals surface area contributed by atoms with Crippen LogP contribution in [-0.4, -0.2) is 35.5 Å². The second-order valence-corrected chi connectivity index (χ2v) is 3.31. The minimum atomic E-state index is -0.0648. The maximum Gasteiger partial charge on any atom is 0.306 e. The van der Waals surface area contributed by atoms with Gasteiger partial charge in [-0.25, -0.2) is 0 Å². The average molecular weight is 220 g/mol. The predicted octanol–water partition coefficient (Wildman–Crippen LogP) is 1.49. The van der Waals surface area contributed by atoms with Gasteiger partial charge in [-0.2, -0.15) is 0 Å². The first-order valence-corrected chi connectivity index (χ1v) is 5.42. The Morgan fingerprint density at radius 1 is 1.40 bits per heavy atom. The van der Waals surface area contributed by atoms with E-state index in [0.29, 0.717) is 6.42 Å². The highest BCUT2D eigenvalue weighted by molar-refractivity contribution is 5.71. The molecule has 0 aliphatic carbocycles. The molecular weight excluding hydrogens is 196 g/mol. The number of esters is 1. The highest BCUT2D eigenvalue weighted by Crippen LogP contribution is 2.11. The molecule has 0 unspecified atom stereocenters. The fraction of sp³-hybridized carbons (Fsp3) is 0.909. The molecule has 2 N–H and O–H groups in total. The number of rotatable bonds is 2. The van der Waals surface area contributed by atoms with E-state index >= 15 is 0 Å². The van der Waals surface area contributed by atoms with E-state index in [1.165, 1.54) is 0 Å². The van der Waals surface area contributed by atoms with E-state index in [0.717, 1.165) is 26.4 Å².